The molecule has 1 aliphatic heterocycles. The Morgan fingerprint density at radius 3 is 2.78 bits per heavy atom. The SMILES string of the molecule is CC(C)C1CNC2(CCCC2)CN1c1ccsc1. The van der Waals surface area contributed by atoms with Gasteiger partial charge in [-0.2, -0.15) is 11.3 Å². The normalized spacial score (nSPS) is 27.3. The van der Waals surface area contributed by atoms with Gasteiger partial charge in [0.1, 0.15) is 0 Å². The summed E-state index contributed by atoms with van der Waals surface area (Å²) in [6.45, 7) is 7.04. The lowest BCUT2D eigenvalue weighted by atomic mass is 9.89. The predicted octanol–water partition coefficient (Wildman–Crippen LogP) is 3.50. The van der Waals surface area contributed by atoms with Crippen LogP contribution in [0.2, 0.25) is 0 Å². The lowest BCUT2D eigenvalue weighted by Crippen LogP contribution is -2.64. The monoisotopic (exact) mass is 264 g/mol. The van der Waals surface area contributed by atoms with Gasteiger partial charge >= 0.3 is 0 Å². The van der Waals surface area contributed by atoms with Gasteiger partial charge in [0.05, 0.1) is 0 Å². The molecule has 1 spiro atoms. The molecule has 1 saturated carbocycles. The van der Waals surface area contributed by atoms with Gasteiger partial charge in [0.25, 0.3) is 0 Å². The minimum atomic E-state index is 0.410. The summed E-state index contributed by atoms with van der Waals surface area (Å²) < 4.78 is 0. The molecule has 100 valence electrons. The first-order valence-electron chi connectivity index (χ1n) is 7.24. The number of rotatable bonds is 2. The highest BCUT2D eigenvalue weighted by Crippen LogP contribution is 2.36. The van der Waals surface area contributed by atoms with Crippen molar-refractivity contribution >= 4 is 17.0 Å². The molecular weight excluding hydrogens is 240 g/mol. The fourth-order valence-electron chi connectivity index (χ4n) is 3.62. The zero-order valence-corrected chi connectivity index (χ0v) is 12.3. The van der Waals surface area contributed by atoms with E-state index in [2.05, 4.69) is 40.9 Å². The summed E-state index contributed by atoms with van der Waals surface area (Å²) in [6.07, 6.45) is 5.52. The Bertz CT molecular complexity index is 379. The van der Waals surface area contributed by atoms with Crippen molar-refractivity contribution in [2.24, 2.45) is 5.92 Å². The Kier molecular flexibility index (Phi) is 3.37. The maximum Gasteiger partial charge on any atom is 0.0478 e. The maximum atomic E-state index is 3.88. The lowest BCUT2D eigenvalue weighted by molar-refractivity contribution is 0.246. The summed E-state index contributed by atoms with van der Waals surface area (Å²) in [5, 5.41) is 8.39. The van der Waals surface area contributed by atoms with Crippen molar-refractivity contribution in [3.63, 3.8) is 0 Å². The third-order valence-electron chi connectivity index (χ3n) is 4.73. The Hall–Kier alpha value is -0.540. The van der Waals surface area contributed by atoms with Gasteiger partial charge < -0.3 is 10.2 Å². The molecular formula is C15H24N2S. The van der Waals surface area contributed by atoms with Crippen molar-refractivity contribution in [2.45, 2.75) is 51.1 Å². The van der Waals surface area contributed by atoms with Crippen LogP contribution in [0.25, 0.3) is 0 Å². The number of piperazine rings is 1. The summed E-state index contributed by atoms with van der Waals surface area (Å²) in [7, 11) is 0. The van der Waals surface area contributed by atoms with E-state index in [1.165, 1.54) is 37.9 Å². The molecule has 3 heteroatoms. The van der Waals surface area contributed by atoms with E-state index in [-0.39, 0.29) is 0 Å². The first-order chi connectivity index (χ1) is 8.70. The highest BCUT2D eigenvalue weighted by Gasteiger charge is 2.41. The van der Waals surface area contributed by atoms with Crippen molar-refractivity contribution in [3.8, 4) is 0 Å². The van der Waals surface area contributed by atoms with Crippen LogP contribution in [0.5, 0.6) is 0 Å². The molecule has 0 amide bonds. The van der Waals surface area contributed by atoms with Crippen molar-refractivity contribution in [1.82, 2.24) is 5.32 Å². The highest BCUT2D eigenvalue weighted by molar-refractivity contribution is 7.08. The molecule has 1 aromatic heterocycles. The van der Waals surface area contributed by atoms with E-state index in [1.807, 2.05) is 11.3 Å². The van der Waals surface area contributed by atoms with Crippen LogP contribution in [0.3, 0.4) is 0 Å². The third-order valence-corrected chi connectivity index (χ3v) is 5.40. The molecule has 1 aromatic rings. The number of anilines is 1. The molecule has 1 aliphatic carbocycles. The first kappa shape index (κ1) is 12.5. The van der Waals surface area contributed by atoms with Crippen LogP contribution >= 0.6 is 11.3 Å². The number of hydrogen-bond acceptors (Lipinski definition) is 3. The molecule has 0 bridgehead atoms. The third kappa shape index (κ3) is 2.19. The van der Waals surface area contributed by atoms with Crippen LogP contribution < -0.4 is 10.2 Å². The summed E-state index contributed by atoms with van der Waals surface area (Å²) >= 11 is 1.82. The summed E-state index contributed by atoms with van der Waals surface area (Å²) in [6, 6.07) is 2.93. The zero-order valence-electron chi connectivity index (χ0n) is 11.5. The minimum absolute atomic E-state index is 0.410. The van der Waals surface area contributed by atoms with E-state index in [1.54, 1.807) is 0 Å². The van der Waals surface area contributed by atoms with Gasteiger partial charge in [-0.1, -0.05) is 26.7 Å². The van der Waals surface area contributed by atoms with Gasteiger partial charge in [0.15, 0.2) is 0 Å². The molecule has 0 radical (unpaired) electrons. The summed E-state index contributed by atoms with van der Waals surface area (Å²) in [5.74, 6) is 0.705. The fraction of sp³-hybridized carbons (Fsp3) is 0.733. The Balaban J connectivity index is 1.84. The zero-order chi connectivity index (χ0) is 12.6. The van der Waals surface area contributed by atoms with Crippen LogP contribution in [0.4, 0.5) is 5.69 Å². The molecule has 2 nitrogen and oxygen atoms in total. The van der Waals surface area contributed by atoms with Gasteiger partial charge in [-0.15, -0.1) is 0 Å². The van der Waals surface area contributed by atoms with Gasteiger partial charge in [-0.25, -0.2) is 0 Å². The van der Waals surface area contributed by atoms with Gasteiger partial charge in [-0.3, -0.25) is 0 Å². The van der Waals surface area contributed by atoms with E-state index in [9.17, 15) is 0 Å². The number of hydrogen-bond donors (Lipinski definition) is 1. The molecule has 1 N–H and O–H groups in total. The van der Waals surface area contributed by atoms with E-state index in [4.69, 9.17) is 0 Å². The van der Waals surface area contributed by atoms with E-state index in [0.29, 0.717) is 17.5 Å². The molecule has 2 heterocycles. The van der Waals surface area contributed by atoms with Crippen LogP contribution in [0.1, 0.15) is 39.5 Å². The van der Waals surface area contributed by atoms with E-state index in [0.717, 1.165) is 6.54 Å². The molecule has 1 unspecified atom stereocenters. The summed E-state index contributed by atoms with van der Waals surface area (Å²) in [5.41, 5.74) is 1.85. The van der Waals surface area contributed by atoms with Crippen LogP contribution in [-0.4, -0.2) is 24.7 Å². The second kappa shape index (κ2) is 4.86. The van der Waals surface area contributed by atoms with Crippen molar-refractivity contribution < 1.29 is 0 Å². The maximum absolute atomic E-state index is 3.88. The van der Waals surface area contributed by atoms with E-state index < -0.39 is 0 Å². The molecule has 0 aromatic carbocycles. The molecule has 1 saturated heterocycles. The highest BCUT2D eigenvalue weighted by atomic mass is 32.1. The van der Waals surface area contributed by atoms with Gasteiger partial charge in [-0.05, 0) is 30.2 Å². The summed E-state index contributed by atoms with van der Waals surface area (Å²) in [4.78, 5) is 2.67. The van der Waals surface area contributed by atoms with Gasteiger partial charge in [0, 0.05) is 35.7 Å². The Labute approximate surface area is 114 Å². The molecule has 2 fully saturated rings. The number of thiophene rings is 1. The second-order valence-electron chi connectivity index (χ2n) is 6.29. The van der Waals surface area contributed by atoms with Crippen molar-refractivity contribution in [2.75, 3.05) is 18.0 Å². The lowest BCUT2D eigenvalue weighted by Gasteiger charge is -2.48. The average Bonchev–Trinajstić information content (AvgIpc) is 3.00. The van der Waals surface area contributed by atoms with Crippen molar-refractivity contribution in [1.29, 1.82) is 0 Å². The van der Waals surface area contributed by atoms with Crippen LogP contribution in [0, 0.1) is 5.92 Å². The second-order valence-corrected chi connectivity index (χ2v) is 7.07. The molecule has 1 atom stereocenters. The van der Waals surface area contributed by atoms with Gasteiger partial charge in [0.2, 0.25) is 0 Å². The standard InChI is InChI=1S/C15H24N2S/c1-12(2)14-9-16-15(6-3-4-7-15)11-17(14)13-5-8-18-10-13/h5,8,10,12,14,16H,3-4,6-7,9,11H2,1-2H3. The van der Waals surface area contributed by atoms with Crippen LogP contribution in [0.15, 0.2) is 16.8 Å². The largest absolute Gasteiger partial charge is 0.364 e. The Morgan fingerprint density at radius 2 is 2.17 bits per heavy atom. The average molecular weight is 264 g/mol. The fourth-order valence-corrected chi connectivity index (χ4v) is 4.27. The Morgan fingerprint density at radius 1 is 1.39 bits per heavy atom. The number of nitrogens with one attached hydrogen (secondary N) is 1. The quantitative estimate of drug-likeness (QED) is 0.879. The topological polar surface area (TPSA) is 15.3 Å². The smallest absolute Gasteiger partial charge is 0.0478 e. The number of nitrogens with zero attached hydrogens (tertiary/aromatic N) is 1. The first-order valence-corrected chi connectivity index (χ1v) is 8.18. The van der Waals surface area contributed by atoms with Crippen LogP contribution in [-0.2, 0) is 0 Å². The predicted molar refractivity (Wildman–Crippen MR) is 79.5 cm³/mol. The van der Waals surface area contributed by atoms with Crippen molar-refractivity contribution in [3.05, 3.63) is 16.8 Å². The molecule has 2 aliphatic rings. The minimum Gasteiger partial charge on any atom is -0.364 e. The molecule has 18 heavy (non-hydrogen) atoms. The molecule has 3 rings (SSSR count). The van der Waals surface area contributed by atoms with E-state index >= 15 is 0 Å².